The van der Waals surface area contributed by atoms with E-state index in [2.05, 4.69) is 11.7 Å². The van der Waals surface area contributed by atoms with Gasteiger partial charge in [0, 0.05) is 6.20 Å². The first-order chi connectivity index (χ1) is 6.16. The van der Waals surface area contributed by atoms with Gasteiger partial charge in [0.25, 0.3) is 0 Å². The highest BCUT2D eigenvalue weighted by molar-refractivity contribution is 5.74. The van der Waals surface area contributed by atoms with Crippen molar-refractivity contribution in [3.8, 4) is 0 Å². The molecule has 0 amide bonds. The highest BCUT2D eigenvalue weighted by Crippen LogP contribution is 2.14. The fourth-order valence-electron chi connectivity index (χ4n) is 1.11. The van der Waals surface area contributed by atoms with Crippen molar-refractivity contribution in [2.75, 3.05) is 0 Å². The Morgan fingerprint density at radius 2 is 2.62 bits per heavy atom. The summed E-state index contributed by atoms with van der Waals surface area (Å²) in [5.41, 5.74) is 0.701. The summed E-state index contributed by atoms with van der Waals surface area (Å²) in [4.78, 5) is 10.7. The molecular weight excluding hydrogens is 168 g/mol. The molecule has 1 heterocycles. The van der Waals surface area contributed by atoms with E-state index in [9.17, 15) is 4.79 Å². The third-order valence-corrected chi connectivity index (χ3v) is 1.87. The second-order valence-electron chi connectivity index (χ2n) is 2.79. The summed E-state index contributed by atoms with van der Waals surface area (Å²) in [5, 5.41) is 12.8. The summed E-state index contributed by atoms with van der Waals surface area (Å²) in [6.45, 7) is 5.75. The second-order valence-corrected chi connectivity index (χ2v) is 2.79. The van der Waals surface area contributed by atoms with E-state index in [0.717, 1.165) is 0 Å². The van der Waals surface area contributed by atoms with Crippen LogP contribution in [-0.2, 0) is 11.3 Å². The summed E-state index contributed by atoms with van der Waals surface area (Å²) in [6.07, 6.45) is 3.28. The number of aromatic nitrogens is 2. The minimum absolute atomic E-state index is 0.526. The standard InChI is InChI=1S/C9H12N2O2/c1-3-6-11-8(4-5-10-11)7(2)9(12)13/h3-5,7H,1,6H2,2H3,(H,12,13). The van der Waals surface area contributed by atoms with Crippen LogP contribution in [0.4, 0.5) is 0 Å². The van der Waals surface area contributed by atoms with Gasteiger partial charge >= 0.3 is 5.97 Å². The van der Waals surface area contributed by atoms with Crippen molar-refractivity contribution in [2.24, 2.45) is 0 Å². The molecule has 0 saturated carbocycles. The Bertz CT molecular complexity index is 317. The lowest BCUT2D eigenvalue weighted by Crippen LogP contribution is -2.13. The van der Waals surface area contributed by atoms with E-state index in [1.165, 1.54) is 0 Å². The van der Waals surface area contributed by atoms with Gasteiger partial charge in [-0.1, -0.05) is 6.08 Å². The molecule has 1 aromatic heterocycles. The molecule has 0 fully saturated rings. The third-order valence-electron chi connectivity index (χ3n) is 1.87. The van der Waals surface area contributed by atoms with Crippen LogP contribution in [0.2, 0.25) is 0 Å². The highest BCUT2D eigenvalue weighted by atomic mass is 16.4. The molecule has 0 spiro atoms. The smallest absolute Gasteiger partial charge is 0.312 e. The van der Waals surface area contributed by atoms with Crippen LogP contribution in [0.15, 0.2) is 24.9 Å². The molecule has 1 unspecified atom stereocenters. The van der Waals surface area contributed by atoms with Crippen LogP contribution < -0.4 is 0 Å². The normalized spacial score (nSPS) is 12.4. The molecule has 0 saturated heterocycles. The quantitative estimate of drug-likeness (QED) is 0.709. The van der Waals surface area contributed by atoms with Gasteiger partial charge in [-0.15, -0.1) is 6.58 Å². The lowest BCUT2D eigenvalue weighted by molar-refractivity contribution is -0.138. The van der Waals surface area contributed by atoms with E-state index in [0.29, 0.717) is 12.2 Å². The molecular formula is C9H12N2O2. The summed E-state index contributed by atoms with van der Waals surface area (Å²) < 4.78 is 1.63. The molecule has 4 heteroatoms. The van der Waals surface area contributed by atoms with Gasteiger partial charge in [-0.25, -0.2) is 0 Å². The molecule has 13 heavy (non-hydrogen) atoms. The Hall–Kier alpha value is -1.58. The van der Waals surface area contributed by atoms with Gasteiger partial charge in [0.1, 0.15) is 0 Å². The number of nitrogens with zero attached hydrogens (tertiary/aromatic N) is 2. The van der Waals surface area contributed by atoms with E-state index in [1.54, 1.807) is 29.9 Å². The number of carboxylic acids is 1. The predicted octanol–water partition coefficient (Wildman–Crippen LogP) is 1.26. The molecule has 1 N–H and O–H groups in total. The molecule has 4 nitrogen and oxygen atoms in total. The average Bonchev–Trinajstić information content (AvgIpc) is 2.52. The molecule has 70 valence electrons. The molecule has 0 aliphatic heterocycles. The maximum Gasteiger partial charge on any atom is 0.312 e. The van der Waals surface area contributed by atoms with Crippen LogP contribution in [0, 0.1) is 0 Å². The Morgan fingerprint density at radius 1 is 1.92 bits per heavy atom. The van der Waals surface area contributed by atoms with Crippen LogP contribution in [0.3, 0.4) is 0 Å². The van der Waals surface area contributed by atoms with E-state index < -0.39 is 11.9 Å². The molecule has 0 aliphatic rings. The van der Waals surface area contributed by atoms with Crippen LogP contribution in [0.1, 0.15) is 18.5 Å². The maximum absolute atomic E-state index is 10.7. The zero-order chi connectivity index (χ0) is 9.84. The number of hydrogen-bond acceptors (Lipinski definition) is 2. The van der Waals surface area contributed by atoms with Gasteiger partial charge in [-0.3, -0.25) is 9.48 Å². The van der Waals surface area contributed by atoms with E-state index >= 15 is 0 Å². The Balaban J connectivity index is 2.92. The number of aliphatic carboxylic acids is 1. The van der Waals surface area contributed by atoms with Crippen molar-refractivity contribution in [1.29, 1.82) is 0 Å². The maximum atomic E-state index is 10.7. The van der Waals surface area contributed by atoms with Crippen molar-refractivity contribution >= 4 is 5.97 Å². The van der Waals surface area contributed by atoms with Crippen molar-refractivity contribution in [2.45, 2.75) is 19.4 Å². The lowest BCUT2D eigenvalue weighted by Gasteiger charge is -2.08. The zero-order valence-corrected chi connectivity index (χ0v) is 7.47. The number of hydrogen-bond donors (Lipinski definition) is 1. The Kier molecular flexibility index (Phi) is 2.84. The number of carbonyl (C=O) groups is 1. The second kappa shape index (κ2) is 3.89. The van der Waals surface area contributed by atoms with Gasteiger partial charge in [-0.2, -0.15) is 5.10 Å². The van der Waals surface area contributed by atoms with Gasteiger partial charge in [-0.05, 0) is 13.0 Å². The fourth-order valence-corrected chi connectivity index (χ4v) is 1.11. The molecule has 0 aromatic carbocycles. The SMILES string of the molecule is C=CCn1nccc1C(C)C(=O)O. The first-order valence-corrected chi connectivity index (χ1v) is 4.02. The molecule has 1 atom stereocenters. The lowest BCUT2D eigenvalue weighted by atomic mass is 10.1. The van der Waals surface area contributed by atoms with Crippen molar-refractivity contribution in [1.82, 2.24) is 9.78 Å². The summed E-state index contributed by atoms with van der Waals surface area (Å²) in [5.74, 6) is -1.37. The summed E-state index contributed by atoms with van der Waals surface area (Å²) >= 11 is 0. The van der Waals surface area contributed by atoms with Crippen LogP contribution >= 0.6 is 0 Å². The van der Waals surface area contributed by atoms with Gasteiger partial charge < -0.3 is 5.11 Å². The number of carboxylic acid groups (broad SMARTS) is 1. The fraction of sp³-hybridized carbons (Fsp3) is 0.333. The minimum Gasteiger partial charge on any atom is -0.481 e. The molecule has 1 rings (SSSR count). The van der Waals surface area contributed by atoms with Gasteiger partial charge in [0.05, 0.1) is 18.2 Å². The van der Waals surface area contributed by atoms with Crippen molar-refractivity contribution in [3.63, 3.8) is 0 Å². The first-order valence-electron chi connectivity index (χ1n) is 4.02. The number of rotatable bonds is 4. The van der Waals surface area contributed by atoms with Crippen molar-refractivity contribution in [3.05, 3.63) is 30.6 Å². The Labute approximate surface area is 76.5 Å². The highest BCUT2D eigenvalue weighted by Gasteiger charge is 2.17. The summed E-state index contributed by atoms with van der Waals surface area (Å²) in [6, 6.07) is 1.71. The van der Waals surface area contributed by atoms with E-state index in [1.807, 2.05) is 0 Å². The third kappa shape index (κ3) is 1.96. The topological polar surface area (TPSA) is 55.1 Å². The van der Waals surface area contributed by atoms with E-state index in [4.69, 9.17) is 5.11 Å². The largest absolute Gasteiger partial charge is 0.481 e. The van der Waals surface area contributed by atoms with Crippen LogP contribution in [0.25, 0.3) is 0 Å². The van der Waals surface area contributed by atoms with Gasteiger partial charge in [0.15, 0.2) is 0 Å². The molecule has 0 aliphatic carbocycles. The number of allylic oxidation sites excluding steroid dienone is 1. The van der Waals surface area contributed by atoms with Crippen LogP contribution in [-0.4, -0.2) is 20.9 Å². The Morgan fingerprint density at radius 3 is 3.15 bits per heavy atom. The predicted molar refractivity (Wildman–Crippen MR) is 48.5 cm³/mol. The monoisotopic (exact) mass is 180 g/mol. The zero-order valence-electron chi connectivity index (χ0n) is 7.47. The van der Waals surface area contributed by atoms with Crippen molar-refractivity contribution < 1.29 is 9.90 Å². The first kappa shape index (κ1) is 9.51. The molecule has 0 radical (unpaired) electrons. The van der Waals surface area contributed by atoms with Gasteiger partial charge in [0.2, 0.25) is 0 Å². The minimum atomic E-state index is -0.842. The van der Waals surface area contributed by atoms with E-state index in [-0.39, 0.29) is 0 Å². The van der Waals surface area contributed by atoms with Crippen LogP contribution in [0.5, 0.6) is 0 Å². The molecule has 0 bridgehead atoms. The molecule has 1 aromatic rings. The average molecular weight is 180 g/mol. The summed E-state index contributed by atoms with van der Waals surface area (Å²) in [7, 11) is 0.